The van der Waals surface area contributed by atoms with Gasteiger partial charge in [-0.15, -0.1) is 13.2 Å². The largest absolute Gasteiger partial charge is 0.573 e. The molecule has 0 fully saturated rings. The van der Waals surface area contributed by atoms with Crippen LogP contribution in [-0.4, -0.2) is 6.36 Å². The molecule has 0 heterocycles. The van der Waals surface area contributed by atoms with E-state index in [0.29, 0.717) is 36.0 Å². The monoisotopic (exact) mass is 370 g/mol. The van der Waals surface area contributed by atoms with Gasteiger partial charge in [-0.1, -0.05) is 12.1 Å². The number of ether oxygens (including phenoxy) is 1. The fourth-order valence-electron chi connectivity index (χ4n) is 3.50. The number of hydrogen-bond donors (Lipinski definition) is 0. The molecule has 1 aliphatic carbocycles. The van der Waals surface area contributed by atoms with Crippen molar-refractivity contribution in [1.82, 2.24) is 0 Å². The molecule has 26 heavy (non-hydrogen) atoms. The van der Waals surface area contributed by atoms with E-state index in [9.17, 15) is 22.0 Å². The Labute approximate surface area is 148 Å². The van der Waals surface area contributed by atoms with E-state index in [4.69, 9.17) is 0 Å². The lowest BCUT2D eigenvalue weighted by Gasteiger charge is -2.25. The summed E-state index contributed by atoms with van der Waals surface area (Å²) in [6.45, 7) is 1.83. The Morgan fingerprint density at radius 2 is 1.81 bits per heavy atom. The van der Waals surface area contributed by atoms with Crippen LogP contribution in [0.4, 0.5) is 22.0 Å². The molecule has 1 nitrogen and oxygen atoms in total. The van der Waals surface area contributed by atoms with E-state index in [1.165, 1.54) is 6.07 Å². The average Bonchev–Trinajstić information content (AvgIpc) is 2.53. The molecule has 0 spiro atoms. The highest BCUT2D eigenvalue weighted by molar-refractivity contribution is 5.39. The highest BCUT2D eigenvalue weighted by atomic mass is 19.4. The van der Waals surface area contributed by atoms with Crippen molar-refractivity contribution in [3.05, 3.63) is 64.2 Å². The highest BCUT2D eigenvalue weighted by Crippen LogP contribution is 2.34. The predicted molar refractivity (Wildman–Crippen MR) is 88.1 cm³/mol. The van der Waals surface area contributed by atoms with Crippen molar-refractivity contribution < 1.29 is 26.7 Å². The lowest BCUT2D eigenvalue weighted by molar-refractivity contribution is -0.275. The molecule has 1 aliphatic rings. The van der Waals surface area contributed by atoms with Crippen LogP contribution in [0.25, 0.3) is 0 Å². The molecular weight excluding hydrogens is 351 g/mol. The Morgan fingerprint density at radius 3 is 2.50 bits per heavy atom. The molecule has 2 aromatic carbocycles. The lowest BCUT2D eigenvalue weighted by Crippen LogP contribution is -2.20. The molecule has 0 saturated heterocycles. The minimum atomic E-state index is -4.91. The number of hydrogen-bond acceptors (Lipinski definition) is 1. The zero-order chi connectivity index (χ0) is 18.9. The summed E-state index contributed by atoms with van der Waals surface area (Å²) < 4.78 is 68.5. The van der Waals surface area contributed by atoms with Crippen LogP contribution in [0.3, 0.4) is 0 Å². The van der Waals surface area contributed by atoms with Gasteiger partial charge in [-0.25, -0.2) is 8.78 Å². The van der Waals surface area contributed by atoms with Crippen molar-refractivity contribution in [3.8, 4) is 5.75 Å². The number of fused-ring (bicyclic) bond motifs is 1. The second-order valence-corrected chi connectivity index (χ2v) is 6.84. The Morgan fingerprint density at radius 1 is 1.04 bits per heavy atom. The number of aryl methyl sites for hydroxylation is 3. The Hall–Kier alpha value is -2.11. The topological polar surface area (TPSA) is 9.23 Å². The van der Waals surface area contributed by atoms with Crippen molar-refractivity contribution >= 4 is 0 Å². The van der Waals surface area contributed by atoms with Gasteiger partial charge in [0.2, 0.25) is 0 Å². The van der Waals surface area contributed by atoms with Crippen LogP contribution in [0.2, 0.25) is 0 Å². The Balaban J connectivity index is 1.67. The summed E-state index contributed by atoms with van der Waals surface area (Å²) in [6.07, 6.45) is -1.66. The molecule has 0 aliphatic heterocycles. The van der Waals surface area contributed by atoms with Gasteiger partial charge in [-0.3, -0.25) is 0 Å². The summed E-state index contributed by atoms with van der Waals surface area (Å²) in [6, 6.07) is 7.43. The van der Waals surface area contributed by atoms with E-state index in [0.717, 1.165) is 30.5 Å². The molecule has 1 unspecified atom stereocenters. The number of rotatable bonds is 4. The maximum absolute atomic E-state index is 13.9. The third-order valence-corrected chi connectivity index (χ3v) is 4.84. The van der Waals surface area contributed by atoms with Crippen LogP contribution in [0.1, 0.15) is 35.1 Å². The van der Waals surface area contributed by atoms with Crippen molar-refractivity contribution in [2.75, 3.05) is 0 Å². The maximum Gasteiger partial charge on any atom is 0.573 e. The molecule has 6 heteroatoms. The summed E-state index contributed by atoms with van der Waals surface area (Å²) in [5.74, 6) is -1.76. The van der Waals surface area contributed by atoms with Gasteiger partial charge in [0.25, 0.3) is 0 Å². The quantitative estimate of drug-likeness (QED) is 0.608. The van der Waals surface area contributed by atoms with Gasteiger partial charge < -0.3 is 4.74 Å². The van der Waals surface area contributed by atoms with E-state index in [1.807, 2.05) is 13.0 Å². The van der Waals surface area contributed by atoms with Gasteiger partial charge in [0.1, 0.15) is 5.82 Å². The molecule has 0 N–H and O–H groups in total. The second kappa shape index (κ2) is 7.25. The minimum absolute atomic E-state index is 0.221. The first kappa shape index (κ1) is 18.7. The first-order valence-electron chi connectivity index (χ1n) is 8.53. The van der Waals surface area contributed by atoms with Crippen LogP contribution in [0, 0.1) is 24.5 Å². The number of alkyl halides is 3. The summed E-state index contributed by atoms with van der Waals surface area (Å²) in [7, 11) is 0. The van der Waals surface area contributed by atoms with Crippen LogP contribution in [-0.2, 0) is 19.3 Å². The normalized spacial score (nSPS) is 17.1. The fraction of sp³-hybridized carbons (Fsp3) is 0.400. The zero-order valence-electron chi connectivity index (χ0n) is 14.3. The van der Waals surface area contributed by atoms with Crippen molar-refractivity contribution in [2.24, 2.45) is 5.92 Å². The fourth-order valence-corrected chi connectivity index (χ4v) is 3.50. The Bertz CT molecular complexity index is 798. The predicted octanol–water partition coefficient (Wildman–Crippen LogP) is 5.91. The lowest BCUT2D eigenvalue weighted by atomic mass is 9.81. The van der Waals surface area contributed by atoms with Crippen LogP contribution in [0.5, 0.6) is 5.75 Å². The molecule has 0 aromatic heterocycles. The van der Waals surface area contributed by atoms with Gasteiger partial charge >= 0.3 is 6.36 Å². The molecule has 0 saturated carbocycles. The van der Waals surface area contributed by atoms with Gasteiger partial charge in [0.05, 0.1) is 0 Å². The number of benzene rings is 2. The first-order valence-corrected chi connectivity index (χ1v) is 8.53. The van der Waals surface area contributed by atoms with E-state index in [1.54, 1.807) is 6.07 Å². The van der Waals surface area contributed by atoms with Gasteiger partial charge in [0, 0.05) is 0 Å². The van der Waals surface area contributed by atoms with Gasteiger partial charge in [-0.2, -0.15) is 0 Å². The number of halogens is 5. The second-order valence-electron chi connectivity index (χ2n) is 6.84. The first-order chi connectivity index (χ1) is 12.2. The zero-order valence-corrected chi connectivity index (χ0v) is 14.3. The molecule has 1 atom stereocenters. The molecule has 0 radical (unpaired) electrons. The SMILES string of the molecule is Cc1ccc(CCC2CCc3cc(OC(F)(F)F)c(F)cc3C2)c(F)c1. The van der Waals surface area contributed by atoms with Crippen LogP contribution >= 0.6 is 0 Å². The van der Waals surface area contributed by atoms with Gasteiger partial charge in [-0.05, 0) is 85.4 Å². The van der Waals surface area contributed by atoms with E-state index in [-0.39, 0.29) is 11.7 Å². The minimum Gasteiger partial charge on any atom is -0.403 e. The van der Waals surface area contributed by atoms with E-state index in [2.05, 4.69) is 4.74 Å². The summed E-state index contributed by atoms with van der Waals surface area (Å²) in [5, 5.41) is 0. The van der Waals surface area contributed by atoms with Crippen LogP contribution in [0.15, 0.2) is 30.3 Å². The van der Waals surface area contributed by atoms with E-state index < -0.39 is 17.9 Å². The van der Waals surface area contributed by atoms with Crippen LogP contribution < -0.4 is 4.74 Å². The molecule has 0 bridgehead atoms. The standard InChI is InChI=1S/C20H19F5O/c1-12-2-5-14(17(21)8-12)6-3-13-4-7-15-11-19(26-20(23,24)25)18(22)10-16(15)9-13/h2,5,8,10-11,13H,3-4,6-7,9H2,1H3. The average molecular weight is 370 g/mol. The van der Waals surface area contributed by atoms with E-state index >= 15 is 0 Å². The molecular formula is C20H19F5O. The third-order valence-electron chi connectivity index (χ3n) is 4.84. The maximum atomic E-state index is 13.9. The molecule has 0 amide bonds. The third kappa shape index (κ3) is 4.54. The molecule has 140 valence electrons. The van der Waals surface area contributed by atoms with Crippen molar-refractivity contribution in [3.63, 3.8) is 0 Å². The summed E-state index contributed by atoms with van der Waals surface area (Å²) in [5.41, 5.74) is 2.91. The molecule has 3 rings (SSSR count). The van der Waals surface area contributed by atoms with Gasteiger partial charge in [0.15, 0.2) is 11.6 Å². The summed E-state index contributed by atoms with van der Waals surface area (Å²) >= 11 is 0. The summed E-state index contributed by atoms with van der Waals surface area (Å²) in [4.78, 5) is 0. The van der Waals surface area contributed by atoms with Crippen molar-refractivity contribution in [2.45, 2.75) is 45.4 Å². The Kier molecular flexibility index (Phi) is 5.21. The highest BCUT2D eigenvalue weighted by Gasteiger charge is 2.33. The van der Waals surface area contributed by atoms with Crippen molar-refractivity contribution in [1.29, 1.82) is 0 Å². The molecule has 2 aromatic rings. The smallest absolute Gasteiger partial charge is 0.403 e.